The van der Waals surface area contributed by atoms with Crippen LogP contribution in [0.3, 0.4) is 0 Å². The second-order valence-corrected chi connectivity index (χ2v) is 20.6. The molecule has 0 saturated carbocycles. The van der Waals surface area contributed by atoms with Crippen molar-refractivity contribution >= 4 is 39.3 Å². The molecule has 1 unspecified atom stereocenters. The minimum atomic E-state index is -4.12. The van der Waals surface area contributed by atoms with E-state index in [0.29, 0.717) is 35.1 Å². The van der Waals surface area contributed by atoms with Gasteiger partial charge in [-0.05, 0) is 96.7 Å². The van der Waals surface area contributed by atoms with Gasteiger partial charge in [0.1, 0.15) is 41.2 Å². The molecular formula is C53H45F9N8O3S. The number of aromatic amines is 1. The fourth-order valence-corrected chi connectivity index (χ4v) is 10.2. The molecule has 384 valence electrons. The number of fused-ring (bicyclic) bond motifs is 2. The fraction of sp³-hybridized carbons (Fsp3) is 0.340. The number of rotatable bonds is 12. The van der Waals surface area contributed by atoms with Crippen LogP contribution in [0.2, 0.25) is 0 Å². The summed E-state index contributed by atoms with van der Waals surface area (Å²) in [7, 11) is 0. The number of benzene rings is 3. The number of likely N-dealkylation sites (tertiary alicyclic amines) is 1. The van der Waals surface area contributed by atoms with E-state index in [4.69, 9.17) is 4.98 Å². The molecule has 3 aromatic carbocycles. The Labute approximate surface area is 421 Å². The van der Waals surface area contributed by atoms with Gasteiger partial charge in [0, 0.05) is 43.0 Å². The normalized spacial score (nSPS) is 16.5. The van der Waals surface area contributed by atoms with Crippen LogP contribution in [0, 0.1) is 34.7 Å². The number of amides is 2. The highest BCUT2D eigenvalue weighted by Crippen LogP contribution is 2.52. The molecule has 0 radical (unpaired) electrons. The molecule has 0 spiro atoms. The first-order valence-corrected chi connectivity index (χ1v) is 24.2. The van der Waals surface area contributed by atoms with Crippen LogP contribution in [0.1, 0.15) is 133 Å². The van der Waals surface area contributed by atoms with Crippen molar-refractivity contribution in [1.82, 2.24) is 39.9 Å². The van der Waals surface area contributed by atoms with E-state index in [2.05, 4.69) is 37.2 Å². The predicted molar refractivity (Wildman–Crippen MR) is 256 cm³/mol. The van der Waals surface area contributed by atoms with Crippen molar-refractivity contribution in [3.05, 3.63) is 141 Å². The number of H-pyrrole nitrogens is 1. The lowest BCUT2D eigenvalue weighted by Crippen LogP contribution is -2.37. The lowest BCUT2D eigenvalue weighted by atomic mass is 9.89. The van der Waals surface area contributed by atoms with Gasteiger partial charge in [-0.3, -0.25) is 19.1 Å². The number of thiazole rings is 1. The third kappa shape index (κ3) is 10.8. The smallest absolute Gasteiger partial charge is 0.290 e. The molecule has 0 bridgehead atoms. The number of aromatic nitrogens is 6. The number of nitrogens with one attached hydrogen (secondary N) is 2. The molecule has 2 amide bonds. The molecule has 2 N–H and O–H groups in total. The van der Waals surface area contributed by atoms with Gasteiger partial charge in [0.05, 0.1) is 45.5 Å². The van der Waals surface area contributed by atoms with E-state index < -0.39 is 96.2 Å². The first kappa shape index (κ1) is 51.6. The molecule has 21 heteroatoms. The van der Waals surface area contributed by atoms with Gasteiger partial charge >= 0.3 is 0 Å². The third-order valence-electron chi connectivity index (χ3n) is 12.7. The summed E-state index contributed by atoms with van der Waals surface area (Å²) in [4.78, 5) is 58.9. The summed E-state index contributed by atoms with van der Waals surface area (Å²) in [5.74, 6) is -6.08. The Morgan fingerprint density at radius 2 is 1.59 bits per heavy atom. The third-order valence-corrected chi connectivity index (χ3v) is 13.6. The lowest BCUT2D eigenvalue weighted by Gasteiger charge is -2.29. The number of halogens is 9. The molecular weight excluding hydrogens is 1000 g/mol. The second-order valence-electron chi connectivity index (χ2n) is 19.6. The maximum Gasteiger partial charge on any atom is 0.290 e. The number of carbonyl (C=O) groups excluding carboxylic acids is 3. The minimum Gasteiger partial charge on any atom is -0.346 e. The van der Waals surface area contributed by atoms with Crippen LogP contribution in [0.4, 0.5) is 39.5 Å². The Balaban J connectivity index is 1.06. The zero-order chi connectivity index (χ0) is 53.0. The van der Waals surface area contributed by atoms with E-state index in [1.807, 2.05) is 37.8 Å². The molecule has 4 aromatic heterocycles. The number of imidazole rings is 1. The van der Waals surface area contributed by atoms with Gasteiger partial charge in [0.15, 0.2) is 16.4 Å². The maximum atomic E-state index is 15.3. The molecule has 11 nitrogen and oxygen atoms in total. The SMILES string of the molecule is CC(=O)c1cc(-c2cc3sc(C#Cc4ccc(-c5cnc(C6CCCN6C(=O)CC(C)(C)C)[nH]5)cc4)nc3nc2[C@H](Cc2cc(F)cc(F)c2)NC(=O)Cn2nc(C(F)F)c3c2C(F)(F)CCC3(F)F)ccc1F. The number of nitrogens with zero attached hydrogens (tertiary/aromatic N) is 6. The summed E-state index contributed by atoms with van der Waals surface area (Å²) in [5, 5.41) is 6.17. The van der Waals surface area contributed by atoms with Gasteiger partial charge in [-0.2, -0.15) is 13.9 Å². The molecule has 1 fully saturated rings. The van der Waals surface area contributed by atoms with Crippen molar-refractivity contribution < 1.29 is 53.9 Å². The summed E-state index contributed by atoms with van der Waals surface area (Å²) in [6.45, 7) is 6.60. The van der Waals surface area contributed by atoms with Crippen molar-refractivity contribution in [3.63, 3.8) is 0 Å². The first-order valence-electron chi connectivity index (χ1n) is 23.4. The van der Waals surface area contributed by atoms with Crippen LogP contribution in [-0.4, -0.2) is 58.8 Å². The highest BCUT2D eigenvalue weighted by molar-refractivity contribution is 7.19. The van der Waals surface area contributed by atoms with E-state index in [-0.39, 0.29) is 60.6 Å². The van der Waals surface area contributed by atoms with Gasteiger partial charge in [0.2, 0.25) is 11.8 Å². The van der Waals surface area contributed by atoms with Gasteiger partial charge in [0.25, 0.3) is 18.3 Å². The van der Waals surface area contributed by atoms with E-state index in [1.54, 1.807) is 24.4 Å². The van der Waals surface area contributed by atoms with E-state index in [1.165, 1.54) is 12.1 Å². The first-order chi connectivity index (χ1) is 34.9. The molecule has 7 aromatic rings. The number of Topliss-reactive ketones (excluding diaryl/α,β-unsaturated/α-hetero) is 1. The Hall–Kier alpha value is -7.34. The Bertz CT molecular complexity index is 3390. The molecule has 1 aliphatic heterocycles. The van der Waals surface area contributed by atoms with Crippen LogP contribution in [-0.2, 0) is 34.4 Å². The summed E-state index contributed by atoms with van der Waals surface area (Å²) in [6.07, 6.45) is -3.24. The maximum absolute atomic E-state index is 15.3. The molecule has 74 heavy (non-hydrogen) atoms. The Morgan fingerprint density at radius 3 is 2.28 bits per heavy atom. The zero-order valence-corrected chi connectivity index (χ0v) is 40.9. The van der Waals surface area contributed by atoms with Gasteiger partial charge in [-0.1, -0.05) is 44.9 Å². The monoisotopic (exact) mass is 1040 g/mol. The predicted octanol–water partition coefficient (Wildman–Crippen LogP) is 12.1. The minimum absolute atomic E-state index is 0.0487. The summed E-state index contributed by atoms with van der Waals surface area (Å²) in [5.41, 5.74) is -2.93. The number of hydrogen-bond donors (Lipinski definition) is 2. The van der Waals surface area contributed by atoms with Crippen molar-refractivity contribution in [2.75, 3.05) is 6.54 Å². The van der Waals surface area contributed by atoms with E-state index in [9.17, 15) is 36.3 Å². The Kier molecular flexibility index (Phi) is 13.8. The van der Waals surface area contributed by atoms with Gasteiger partial charge in [-0.25, -0.2) is 45.7 Å². The highest BCUT2D eigenvalue weighted by atomic mass is 32.1. The molecule has 2 atom stereocenters. The topological polar surface area (TPSA) is 139 Å². The van der Waals surface area contributed by atoms with Gasteiger partial charge in [-0.15, -0.1) is 11.3 Å². The number of hydrogen-bond acceptors (Lipinski definition) is 8. The van der Waals surface area contributed by atoms with E-state index in [0.717, 1.165) is 60.6 Å². The van der Waals surface area contributed by atoms with Crippen molar-refractivity contribution in [2.45, 2.75) is 103 Å². The molecule has 1 aliphatic carbocycles. The second kappa shape index (κ2) is 19.8. The molecule has 1 saturated heterocycles. The molecule has 9 rings (SSSR count). The molecule has 5 heterocycles. The average molecular weight is 1050 g/mol. The largest absolute Gasteiger partial charge is 0.346 e. The van der Waals surface area contributed by atoms with Crippen LogP contribution < -0.4 is 5.32 Å². The fourth-order valence-electron chi connectivity index (χ4n) is 9.40. The number of ketones is 1. The van der Waals surface area contributed by atoms with Gasteiger partial charge < -0.3 is 15.2 Å². The van der Waals surface area contributed by atoms with Crippen molar-refractivity contribution in [1.29, 1.82) is 0 Å². The quantitative estimate of drug-likeness (QED) is 0.0706. The van der Waals surface area contributed by atoms with Crippen molar-refractivity contribution in [3.8, 4) is 34.2 Å². The number of carbonyl (C=O) groups is 3. The molecule has 2 aliphatic rings. The van der Waals surface area contributed by atoms with Crippen molar-refractivity contribution in [2.24, 2.45) is 5.41 Å². The van der Waals surface area contributed by atoms with E-state index >= 15 is 17.6 Å². The number of alkyl halides is 6. The van der Waals surface area contributed by atoms with Crippen LogP contribution in [0.5, 0.6) is 0 Å². The highest BCUT2D eigenvalue weighted by Gasteiger charge is 2.55. The lowest BCUT2D eigenvalue weighted by molar-refractivity contribution is -0.134. The standard InChI is InChI=1S/C53H45F9N8O3S/c1-27(71)34-21-31(12-13-36(34)56)35-23-40-50(66-42(74-40)14-9-28-7-10-30(11-8-28)38-25-63-49(65-38)39-6-5-17-69(39)43(73)24-51(2,3)4)67-45(35)37(20-29-18-32(54)22-33(55)19-29)64-41(72)26-70-47-44(46(68-70)48(57)58)52(59,60)15-16-53(47,61)62/h7-8,10-13,18-19,21-23,25,37,39,48H,5-6,15-17,20,24,26H2,1-4H3,(H,63,65)(H,64,72)/t37-,39?/m0/s1. The summed E-state index contributed by atoms with van der Waals surface area (Å²) < 4.78 is 134. The van der Waals surface area contributed by atoms with Crippen LogP contribution in [0.25, 0.3) is 32.7 Å². The summed E-state index contributed by atoms with van der Waals surface area (Å²) in [6, 6.07) is 13.3. The summed E-state index contributed by atoms with van der Waals surface area (Å²) >= 11 is 1.10. The average Bonchev–Trinajstić information content (AvgIpc) is 4.15. The zero-order valence-electron chi connectivity index (χ0n) is 40.0. The Morgan fingerprint density at radius 1 is 0.892 bits per heavy atom. The van der Waals surface area contributed by atoms with Crippen LogP contribution >= 0.6 is 11.3 Å². The number of pyridine rings is 1. The van der Waals surface area contributed by atoms with Crippen LogP contribution in [0.15, 0.2) is 72.9 Å².